The molecule has 0 spiro atoms. The van der Waals surface area contributed by atoms with E-state index in [0.717, 1.165) is 0 Å². The van der Waals surface area contributed by atoms with Gasteiger partial charge in [-0.25, -0.2) is 0 Å². The molecule has 1 aliphatic heterocycles. The second-order valence-corrected chi connectivity index (χ2v) is 10.1. The van der Waals surface area contributed by atoms with Gasteiger partial charge in [0.25, 0.3) is 0 Å². The minimum Gasteiger partial charge on any atom is -0.492 e. The van der Waals surface area contributed by atoms with Crippen molar-refractivity contribution in [3.8, 4) is 5.75 Å². The average molecular weight is 631 g/mol. The molecule has 43 heavy (non-hydrogen) atoms. The molecule has 1 aromatic rings. The van der Waals surface area contributed by atoms with Crippen LogP contribution in [0.2, 0.25) is 0 Å². The Kier molecular flexibility index (Phi) is 13.9. The highest BCUT2D eigenvalue weighted by Crippen LogP contribution is 2.38. The van der Waals surface area contributed by atoms with Gasteiger partial charge in [-0.05, 0) is 37.6 Å². The summed E-state index contributed by atoms with van der Waals surface area (Å²) in [6, 6.07) is 0.989. The molecule has 0 unspecified atom stereocenters. The summed E-state index contributed by atoms with van der Waals surface area (Å²) in [6.07, 6.45) is -9.19. The first-order valence-corrected chi connectivity index (χ1v) is 13.5. The van der Waals surface area contributed by atoms with Crippen molar-refractivity contribution < 1.29 is 60.8 Å². The van der Waals surface area contributed by atoms with E-state index in [0.29, 0.717) is 51.2 Å². The van der Waals surface area contributed by atoms with Crippen molar-refractivity contribution in [1.82, 2.24) is 19.6 Å². The van der Waals surface area contributed by atoms with E-state index >= 15 is 0 Å². The predicted octanol–water partition coefficient (Wildman–Crippen LogP) is 2.36. The number of hydrogen-bond acceptors (Lipinski definition) is 8. The van der Waals surface area contributed by atoms with E-state index in [-0.39, 0.29) is 65.0 Å². The van der Waals surface area contributed by atoms with Crippen molar-refractivity contribution in [2.75, 3.05) is 85.1 Å². The van der Waals surface area contributed by atoms with E-state index in [1.807, 2.05) is 4.90 Å². The lowest BCUT2D eigenvalue weighted by molar-refractivity contribution is -0.143. The largest absolute Gasteiger partial charge is 0.492 e. The number of carbonyl (C=O) groups is 3. The molecule has 11 nitrogen and oxygen atoms in total. The van der Waals surface area contributed by atoms with Crippen LogP contribution in [0.15, 0.2) is 18.2 Å². The van der Waals surface area contributed by atoms with Gasteiger partial charge in [-0.15, -0.1) is 0 Å². The summed E-state index contributed by atoms with van der Waals surface area (Å²) >= 11 is 0. The highest BCUT2D eigenvalue weighted by Gasteiger charge is 2.37. The number of hydrogen-bond donors (Lipinski definition) is 3. The summed E-state index contributed by atoms with van der Waals surface area (Å²) in [4.78, 5) is 40.8. The van der Waals surface area contributed by atoms with E-state index in [1.165, 1.54) is 0 Å². The van der Waals surface area contributed by atoms with Crippen LogP contribution in [0.25, 0.3) is 0 Å². The smallest absolute Gasteiger partial charge is 0.416 e. The zero-order chi connectivity index (χ0) is 32.2. The van der Waals surface area contributed by atoms with Crippen LogP contribution in [0, 0.1) is 0 Å². The summed E-state index contributed by atoms with van der Waals surface area (Å²) in [6.45, 7) is 1.36. The van der Waals surface area contributed by atoms with Gasteiger partial charge in [0.2, 0.25) is 0 Å². The van der Waals surface area contributed by atoms with Gasteiger partial charge in [-0.3, -0.25) is 34.0 Å². The zero-order valence-electron chi connectivity index (χ0n) is 23.4. The zero-order valence-corrected chi connectivity index (χ0v) is 23.4. The maximum absolute atomic E-state index is 13.2. The van der Waals surface area contributed by atoms with E-state index in [4.69, 9.17) is 4.74 Å². The molecule has 1 heterocycles. The molecule has 0 saturated carbocycles. The molecule has 1 saturated heterocycles. The molecule has 3 N–H and O–H groups in total. The van der Waals surface area contributed by atoms with Crippen molar-refractivity contribution in [2.24, 2.45) is 0 Å². The number of carboxylic acids is 3. The third-order valence-corrected chi connectivity index (χ3v) is 6.68. The predicted molar refractivity (Wildman–Crippen MR) is 140 cm³/mol. The Morgan fingerprint density at radius 3 is 1.30 bits per heavy atom. The highest BCUT2D eigenvalue weighted by molar-refractivity contribution is 5.69. The fourth-order valence-corrected chi connectivity index (χ4v) is 4.62. The van der Waals surface area contributed by atoms with Crippen LogP contribution in [-0.4, -0.2) is 138 Å². The molecule has 0 bridgehead atoms. The van der Waals surface area contributed by atoms with Crippen molar-refractivity contribution in [2.45, 2.75) is 25.2 Å². The van der Waals surface area contributed by atoms with Gasteiger partial charge < -0.3 is 20.1 Å². The topological polar surface area (TPSA) is 134 Å². The molecule has 0 amide bonds. The van der Waals surface area contributed by atoms with Gasteiger partial charge in [0.15, 0.2) is 0 Å². The van der Waals surface area contributed by atoms with Crippen LogP contribution < -0.4 is 4.74 Å². The van der Waals surface area contributed by atoms with Crippen molar-refractivity contribution in [3.63, 3.8) is 0 Å². The third kappa shape index (κ3) is 14.2. The summed E-state index contributed by atoms with van der Waals surface area (Å²) in [5, 5.41) is 27.9. The van der Waals surface area contributed by atoms with Crippen LogP contribution in [0.3, 0.4) is 0 Å². The van der Waals surface area contributed by atoms with E-state index in [1.54, 1.807) is 14.7 Å². The Hall–Kier alpha value is -3.15. The minimum atomic E-state index is -5.02. The monoisotopic (exact) mass is 630 g/mol. The standard InChI is InChI=1S/C26H36F6N4O7/c27-25(28,29)19-13-20(26(30,31)32)15-21(14-19)43-12-11-33-3-1-4-35(17-23(39)40)9-10-36(18-24(41)42)6-2-5-34(8-7-33)16-22(37)38/h13-15H,1-12,16-18H2,(H,37,38)(H,39,40)(H,41,42). The normalized spacial score (nSPS) is 18.2. The maximum atomic E-state index is 13.2. The number of rotatable bonds is 10. The number of ether oxygens (including phenoxy) is 1. The molecule has 17 heteroatoms. The van der Waals surface area contributed by atoms with Crippen LogP contribution in [-0.2, 0) is 26.7 Å². The van der Waals surface area contributed by atoms with Crippen molar-refractivity contribution >= 4 is 17.9 Å². The van der Waals surface area contributed by atoms with Gasteiger partial charge in [0.1, 0.15) is 12.4 Å². The van der Waals surface area contributed by atoms with Crippen LogP contribution >= 0.6 is 0 Å². The number of alkyl halides is 6. The van der Waals surface area contributed by atoms with E-state index < -0.39 is 47.1 Å². The Labute approximate surface area is 244 Å². The first kappa shape index (κ1) is 36.0. The number of nitrogens with zero attached hydrogens (tertiary/aromatic N) is 4. The molecule has 244 valence electrons. The van der Waals surface area contributed by atoms with Gasteiger partial charge >= 0.3 is 30.3 Å². The first-order chi connectivity index (χ1) is 20.0. The third-order valence-electron chi connectivity index (χ3n) is 6.68. The SMILES string of the molecule is O=C(O)CN1CCCN(CC(=O)O)CCN(CC(=O)O)CCCN(CCOc2cc(C(F)(F)F)cc(C(F)(F)F)c2)CC1. The van der Waals surface area contributed by atoms with Crippen LogP contribution in [0.1, 0.15) is 24.0 Å². The Balaban J connectivity index is 2.16. The van der Waals surface area contributed by atoms with Crippen molar-refractivity contribution in [1.29, 1.82) is 0 Å². The minimum absolute atomic E-state index is 0.00874. The van der Waals surface area contributed by atoms with Gasteiger partial charge in [0, 0.05) is 52.4 Å². The quantitative estimate of drug-likeness (QED) is 0.329. The Morgan fingerprint density at radius 1 is 0.605 bits per heavy atom. The molecule has 0 aromatic heterocycles. The second kappa shape index (κ2) is 16.6. The number of carboxylic acid groups (broad SMARTS) is 3. The summed E-state index contributed by atoms with van der Waals surface area (Å²) in [5.74, 6) is -3.80. The first-order valence-electron chi connectivity index (χ1n) is 13.5. The lowest BCUT2D eigenvalue weighted by Crippen LogP contribution is -2.44. The summed E-state index contributed by atoms with van der Waals surface area (Å²) in [7, 11) is 0. The summed E-state index contributed by atoms with van der Waals surface area (Å²) in [5.41, 5.74) is -3.00. The van der Waals surface area contributed by atoms with Gasteiger partial charge in [-0.2, -0.15) is 26.3 Å². The van der Waals surface area contributed by atoms with Gasteiger partial charge in [0.05, 0.1) is 30.8 Å². The molecular weight excluding hydrogens is 594 g/mol. The molecular formula is C26H36F6N4O7. The van der Waals surface area contributed by atoms with Crippen LogP contribution in [0.4, 0.5) is 26.3 Å². The molecule has 0 aliphatic carbocycles. The number of halogens is 6. The average Bonchev–Trinajstić information content (AvgIpc) is 2.87. The Morgan fingerprint density at radius 2 is 0.953 bits per heavy atom. The Bertz CT molecular complexity index is 1040. The van der Waals surface area contributed by atoms with E-state index in [2.05, 4.69) is 0 Å². The lowest BCUT2D eigenvalue weighted by Gasteiger charge is -2.30. The van der Waals surface area contributed by atoms with Gasteiger partial charge in [-0.1, -0.05) is 0 Å². The molecule has 0 atom stereocenters. The fourth-order valence-electron chi connectivity index (χ4n) is 4.62. The van der Waals surface area contributed by atoms with Crippen LogP contribution in [0.5, 0.6) is 5.75 Å². The number of benzene rings is 1. The molecule has 0 radical (unpaired) electrons. The maximum Gasteiger partial charge on any atom is 0.416 e. The fraction of sp³-hybridized carbons (Fsp3) is 0.654. The molecule has 1 fully saturated rings. The number of aliphatic carboxylic acids is 3. The summed E-state index contributed by atoms with van der Waals surface area (Å²) < 4.78 is 84.4. The van der Waals surface area contributed by atoms with E-state index in [9.17, 15) is 56.0 Å². The molecule has 2 rings (SSSR count). The molecule has 1 aliphatic rings. The second-order valence-electron chi connectivity index (χ2n) is 10.1. The van der Waals surface area contributed by atoms with Crippen molar-refractivity contribution in [3.05, 3.63) is 29.3 Å². The highest BCUT2D eigenvalue weighted by atomic mass is 19.4. The molecule has 1 aromatic carbocycles. The lowest BCUT2D eigenvalue weighted by atomic mass is 10.1.